The molecule has 4 rings (SSSR count). The van der Waals surface area contributed by atoms with E-state index in [2.05, 4.69) is 0 Å². The first-order valence-corrected chi connectivity index (χ1v) is 11.2. The van der Waals surface area contributed by atoms with Gasteiger partial charge >= 0.3 is 0 Å². The van der Waals surface area contributed by atoms with Crippen LogP contribution in [0, 0.1) is 6.92 Å². The molecule has 0 saturated heterocycles. The Morgan fingerprint density at radius 3 is 2.35 bits per heavy atom. The highest BCUT2D eigenvalue weighted by molar-refractivity contribution is 6.15. The van der Waals surface area contributed by atoms with Crippen LogP contribution in [0.3, 0.4) is 0 Å². The summed E-state index contributed by atoms with van der Waals surface area (Å²) in [7, 11) is 0. The topological polar surface area (TPSA) is 89.2 Å². The molecule has 0 fully saturated rings. The van der Waals surface area contributed by atoms with Crippen molar-refractivity contribution in [1.29, 1.82) is 0 Å². The number of aliphatic hydroxyl groups excluding tert-OH is 1. The summed E-state index contributed by atoms with van der Waals surface area (Å²) in [5.74, 6) is -0.0409. The molecule has 1 unspecified atom stereocenters. The Kier molecular flexibility index (Phi) is 6.72. The molecule has 2 heterocycles. The summed E-state index contributed by atoms with van der Waals surface area (Å²) in [5, 5.41) is 10.9. The van der Waals surface area contributed by atoms with Crippen LogP contribution >= 0.6 is 0 Å². The molecule has 0 bridgehead atoms. The molecule has 0 aliphatic carbocycles. The number of aliphatic hydroxyl groups is 1. The smallest absolute Gasteiger partial charge is 0.290 e. The van der Waals surface area contributed by atoms with E-state index in [4.69, 9.17) is 13.9 Å². The van der Waals surface area contributed by atoms with Crippen molar-refractivity contribution in [2.45, 2.75) is 33.4 Å². The zero-order valence-corrected chi connectivity index (χ0v) is 19.4. The van der Waals surface area contributed by atoms with Gasteiger partial charge < -0.3 is 23.9 Å². The molecule has 0 saturated carbocycles. The van der Waals surface area contributed by atoms with Crippen molar-refractivity contribution in [3.63, 3.8) is 0 Å². The van der Waals surface area contributed by atoms with Crippen LogP contribution in [0.25, 0.3) is 0 Å². The van der Waals surface area contributed by atoms with Crippen molar-refractivity contribution in [1.82, 2.24) is 4.90 Å². The van der Waals surface area contributed by atoms with Gasteiger partial charge in [-0.05, 0) is 56.2 Å². The molecule has 34 heavy (non-hydrogen) atoms. The van der Waals surface area contributed by atoms with E-state index in [1.807, 2.05) is 44.2 Å². The molecule has 0 spiro atoms. The van der Waals surface area contributed by atoms with Crippen LogP contribution < -0.4 is 9.47 Å². The van der Waals surface area contributed by atoms with Gasteiger partial charge in [-0.1, -0.05) is 36.4 Å². The normalized spacial score (nSPS) is 15.7. The summed E-state index contributed by atoms with van der Waals surface area (Å²) in [4.78, 5) is 28.1. The highest BCUT2D eigenvalue weighted by Crippen LogP contribution is 2.42. The molecule has 0 radical (unpaired) electrons. The van der Waals surface area contributed by atoms with E-state index in [0.717, 1.165) is 5.56 Å². The summed E-state index contributed by atoms with van der Waals surface area (Å²) in [6.45, 7) is 6.56. The monoisotopic (exact) mass is 461 g/mol. The lowest BCUT2D eigenvalue weighted by Gasteiger charge is -2.27. The molecule has 1 N–H and O–H groups in total. The maximum absolute atomic E-state index is 13.4. The van der Waals surface area contributed by atoms with Crippen LogP contribution in [0.1, 0.15) is 47.3 Å². The lowest BCUT2D eigenvalue weighted by Crippen LogP contribution is -2.30. The van der Waals surface area contributed by atoms with Gasteiger partial charge in [-0.15, -0.1) is 0 Å². The van der Waals surface area contributed by atoms with E-state index in [1.165, 1.54) is 4.90 Å². The van der Waals surface area contributed by atoms with Gasteiger partial charge in [0.2, 0.25) is 5.78 Å². The first-order valence-electron chi connectivity index (χ1n) is 11.2. The summed E-state index contributed by atoms with van der Waals surface area (Å²) in [6.07, 6.45) is 0. The summed E-state index contributed by atoms with van der Waals surface area (Å²) in [5.41, 5.74) is 1.46. The number of furan rings is 1. The van der Waals surface area contributed by atoms with Gasteiger partial charge in [-0.25, -0.2) is 0 Å². The molecule has 1 aliphatic rings. The van der Waals surface area contributed by atoms with E-state index in [9.17, 15) is 14.7 Å². The molecule has 2 aromatic carbocycles. The number of hydrogen-bond donors (Lipinski definition) is 1. The molecule has 3 aromatic rings. The van der Waals surface area contributed by atoms with Gasteiger partial charge in [-0.2, -0.15) is 0 Å². The first kappa shape index (κ1) is 23.2. The Bertz CT molecular complexity index is 1230. The molecule has 7 nitrogen and oxygen atoms in total. The molecule has 1 aromatic heterocycles. The lowest BCUT2D eigenvalue weighted by atomic mass is 9.94. The fourth-order valence-electron chi connectivity index (χ4n) is 4.10. The molecule has 1 amide bonds. The minimum Gasteiger partial charge on any atom is -0.503 e. The number of benzene rings is 2. The van der Waals surface area contributed by atoms with Crippen molar-refractivity contribution in [2.24, 2.45) is 0 Å². The van der Waals surface area contributed by atoms with Crippen LogP contribution in [0.15, 0.2) is 76.4 Å². The number of rotatable bonds is 9. The Balaban J connectivity index is 1.82. The summed E-state index contributed by atoms with van der Waals surface area (Å²) >= 11 is 0. The highest BCUT2D eigenvalue weighted by Gasteiger charge is 2.44. The number of carbonyl (C=O) groups is 2. The Labute approximate surface area is 198 Å². The van der Waals surface area contributed by atoms with Crippen LogP contribution in [0.4, 0.5) is 0 Å². The van der Waals surface area contributed by atoms with E-state index in [-0.39, 0.29) is 17.9 Å². The number of aryl methyl sites for hydroxylation is 1. The molecule has 7 heteroatoms. The molecular formula is C27H27NO6. The van der Waals surface area contributed by atoms with Gasteiger partial charge in [0, 0.05) is 6.54 Å². The molecule has 176 valence electrons. The number of carbonyl (C=O) groups excluding carboxylic acids is 2. The molecule has 1 aliphatic heterocycles. The van der Waals surface area contributed by atoms with Gasteiger partial charge in [-0.3, -0.25) is 9.59 Å². The van der Waals surface area contributed by atoms with E-state index in [0.29, 0.717) is 36.0 Å². The maximum atomic E-state index is 13.4. The minimum absolute atomic E-state index is 0.0260. The maximum Gasteiger partial charge on any atom is 0.290 e. The number of ether oxygens (including phenoxy) is 2. The summed E-state index contributed by atoms with van der Waals surface area (Å²) in [6, 6.07) is 17.1. The van der Waals surface area contributed by atoms with E-state index < -0.39 is 23.5 Å². The van der Waals surface area contributed by atoms with E-state index in [1.54, 1.807) is 37.3 Å². The van der Waals surface area contributed by atoms with Gasteiger partial charge in [0.15, 0.2) is 23.0 Å². The number of nitrogens with zero attached hydrogens (tertiary/aromatic N) is 1. The quantitative estimate of drug-likeness (QED) is 0.443. The van der Waals surface area contributed by atoms with Crippen molar-refractivity contribution in [3.05, 3.63) is 94.6 Å². The third-order valence-electron chi connectivity index (χ3n) is 5.59. The largest absolute Gasteiger partial charge is 0.503 e. The van der Waals surface area contributed by atoms with Crippen molar-refractivity contribution in [3.8, 4) is 11.5 Å². The van der Waals surface area contributed by atoms with Crippen LogP contribution in [0.2, 0.25) is 0 Å². The van der Waals surface area contributed by atoms with Crippen LogP contribution in [0.5, 0.6) is 11.5 Å². The van der Waals surface area contributed by atoms with Crippen LogP contribution in [-0.4, -0.2) is 34.9 Å². The highest BCUT2D eigenvalue weighted by atomic mass is 16.5. The average molecular weight is 462 g/mol. The number of hydrogen-bond acceptors (Lipinski definition) is 6. The van der Waals surface area contributed by atoms with E-state index >= 15 is 0 Å². The first-order chi connectivity index (χ1) is 16.4. The third-order valence-corrected chi connectivity index (χ3v) is 5.59. The fourth-order valence-corrected chi connectivity index (χ4v) is 4.10. The van der Waals surface area contributed by atoms with Crippen molar-refractivity contribution >= 4 is 11.7 Å². The van der Waals surface area contributed by atoms with Gasteiger partial charge in [0.05, 0.1) is 24.8 Å². The Morgan fingerprint density at radius 2 is 1.71 bits per heavy atom. The Morgan fingerprint density at radius 1 is 1.00 bits per heavy atom. The summed E-state index contributed by atoms with van der Waals surface area (Å²) < 4.78 is 17.0. The van der Waals surface area contributed by atoms with Crippen LogP contribution in [-0.2, 0) is 11.3 Å². The Hall–Kier alpha value is -4.00. The number of amides is 1. The molecular weight excluding hydrogens is 434 g/mol. The SMILES string of the molecule is CCOc1ccc(C2C(C(=O)c3ccc(C)o3)=C(O)C(=O)N2Cc2ccccc2)cc1OCC. The standard InChI is InChI=1S/C27H27NO6/c1-4-32-20-14-12-19(15-22(20)33-5-2)24-23(25(29)21-13-11-17(3)34-21)26(30)27(31)28(24)16-18-9-7-6-8-10-18/h6-15,24,30H,4-5,16H2,1-3H3. The second-order valence-corrected chi connectivity index (χ2v) is 7.90. The second-order valence-electron chi connectivity index (χ2n) is 7.90. The van der Waals surface area contributed by atoms with Crippen molar-refractivity contribution in [2.75, 3.05) is 13.2 Å². The van der Waals surface area contributed by atoms with Gasteiger partial charge in [0.1, 0.15) is 5.76 Å². The fraction of sp³-hybridized carbons (Fsp3) is 0.259. The third kappa shape index (κ3) is 4.41. The minimum atomic E-state index is -0.833. The predicted octanol–water partition coefficient (Wildman–Crippen LogP) is 5.16. The molecule has 1 atom stereocenters. The zero-order chi connectivity index (χ0) is 24.2. The second kappa shape index (κ2) is 9.87. The number of ketones is 1. The average Bonchev–Trinajstić information content (AvgIpc) is 3.37. The zero-order valence-electron chi connectivity index (χ0n) is 19.4. The van der Waals surface area contributed by atoms with Crippen molar-refractivity contribution < 1.29 is 28.6 Å². The predicted molar refractivity (Wildman–Crippen MR) is 126 cm³/mol. The van der Waals surface area contributed by atoms with Gasteiger partial charge in [0.25, 0.3) is 5.91 Å². The lowest BCUT2D eigenvalue weighted by molar-refractivity contribution is -0.130. The number of Topliss-reactive ketones (excluding diaryl/α,β-unsaturated/α-hetero) is 1.